The molecule has 1 aromatic heterocycles. The van der Waals surface area contributed by atoms with Crippen molar-refractivity contribution in [2.24, 2.45) is 0 Å². The maximum absolute atomic E-state index is 4.91. The highest BCUT2D eigenvalue weighted by atomic mass is 15.3. The summed E-state index contributed by atoms with van der Waals surface area (Å²) in [6.45, 7) is 12.6. The zero-order valence-corrected chi connectivity index (χ0v) is 14.2. The highest BCUT2D eigenvalue weighted by molar-refractivity contribution is 5.75. The molecule has 0 saturated carbocycles. The zero-order valence-electron chi connectivity index (χ0n) is 14.2. The van der Waals surface area contributed by atoms with Crippen LogP contribution < -0.4 is 5.32 Å². The molecule has 2 heterocycles. The van der Waals surface area contributed by atoms with E-state index in [1.807, 2.05) is 6.08 Å². The summed E-state index contributed by atoms with van der Waals surface area (Å²) in [5.41, 5.74) is 5.18. The molecule has 0 amide bonds. The van der Waals surface area contributed by atoms with Crippen molar-refractivity contribution < 1.29 is 0 Å². The van der Waals surface area contributed by atoms with Crippen LogP contribution in [0.5, 0.6) is 0 Å². The first kappa shape index (κ1) is 16.8. The van der Waals surface area contributed by atoms with Gasteiger partial charge < -0.3 is 5.32 Å². The highest BCUT2D eigenvalue weighted by Crippen LogP contribution is 2.28. The van der Waals surface area contributed by atoms with Gasteiger partial charge in [0.05, 0.1) is 11.4 Å². The second kappa shape index (κ2) is 8.14. The Bertz CT molecular complexity index is 561. The molecular weight excluding hydrogens is 270 g/mol. The van der Waals surface area contributed by atoms with Crippen molar-refractivity contribution in [3.8, 4) is 0 Å². The predicted molar refractivity (Wildman–Crippen MR) is 95.1 cm³/mol. The molecule has 120 valence electrons. The van der Waals surface area contributed by atoms with Crippen molar-refractivity contribution in [3.63, 3.8) is 0 Å². The van der Waals surface area contributed by atoms with Crippen LogP contribution in [0.4, 0.5) is 0 Å². The fraction of sp³-hybridized carbons (Fsp3) is 0.526. The average molecular weight is 299 g/mol. The van der Waals surface area contributed by atoms with Crippen LogP contribution in [0.3, 0.4) is 0 Å². The van der Waals surface area contributed by atoms with Crippen molar-refractivity contribution in [1.29, 1.82) is 0 Å². The molecule has 0 atom stereocenters. The Morgan fingerprint density at radius 1 is 1.36 bits per heavy atom. The molecular formula is C19H29N3. The van der Waals surface area contributed by atoms with Gasteiger partial charge in [-0.05, 0) is 38.8 Å². The number of aromatic nitrogens is 2. The number of nitrogens with one attached hydrogen (secondary N) is 1. The summed E-state index contributed by atoms with van der Waals surface area (Å²) in [6, 6.07) is 0.364. The molecule has 0 radical (unpaired) electrons. The third-order valence-electron chi connectivity index (χ3n) is 3.99. The second-order valence-electron chi connectivity index (χ2n) is 6.11. The van der Waals surface area contributed by atoms with Crippen LogP contribution >= 0.6 is 0 Å². The number of fused-ring (bicyclic) bond motifs is 1. The molecule has 0 spiro atoms. The Kier molecular flexibility index (Phi) is 6.20. The monoisotopic (exact) mass is 299 g/mol. The van der Waals surface area contributed by atoms with Crippen LogP contribution in [0, 0.1) is 0 Å². The Morgan fingerprint density at radius 3 is 2.82 bits per heavy atom. The number of nitrogens with zero attached hydrogens (tertiary/aromatic N) is 2. The van der Waals surface area contributed by atoms with Gasteiger partial charge in [-0.2, -0.15) is 5.10 Å². The standard InChI is InChI=1S/C19H29N3/c1-5-7-8-10-16(9-6-2)19-17-11-13-20-14-12-18(17)21-22(19)15(3)4/h6,8-10,15,20H,2,5,7,11-14H2,1,3-4H3/b10-8-,16-9+. The lowest BCUT2D eigenvalue weighted by Crippen LogP contribution is -2.18. The Balaban J connectivity index is 2.51. The first-order valence-electron chi connectivity index (χ1n) is 8.49. The molecule has 0 saturated heterocycles. The first-order valence-corrected chi connectivity index (χ1v) is 8.49. The smallest absolute Gasteiger partial charge is 0.0720 e. The minimum Gasteiger partial charge on any atom is -0.316 e. The van der Waals surface area contributed by atoms with Crippen molar-refractivity contribution in [1.82, 2.24) is 15.1 Å². The summed E-state index contributed by atoms with van der Waals surface area (Å²) in [6.07, 6.45) is 12.8. The maximum Gasteiger partial charge on any atom is 0.0720 e. The van der Waals surface area contributed by atoms with Crippen LogP contribution in [-0.4, -0.2) is 22.9 Å². The van der Waals surface area contributed by atoms with E-state index in [-0.39, 0.29) is 0 Å². The van der Waals surface area contributed by atoms with Gasteiger partial charge in [0.2, 0.25) is 0 Å². The lowest BCUT2D eigenvalue weighted by Gasteiger charge is -2.14. The normalized spacial score (nSPS) is 16.1. The van der Waals surface area contributed by atoms with Gasteiger partial charge >= 0.3 is 0 Å². The molecule has 3 heteroatoms. The molecule has 0 aromatic carbocycles. The third kappa shape index (κ3) is 3.77. The summed E-state index contributed by atoms with van der Waals surface area (Å²) >= 11 is 0. The van der Waals surface area contributed by atoms with Gasteiger partial charge in [0.15, 0.2) is 0 Å². The fourth-order valence-corrected chi connectivity index (χ4v) is 2.92. The summed E-state index contributed by atoms with van der Waals surface area (Å²) in [5.74, 6) is 0. The average Bonchev–Trinajstić information content (AvgIpc) is 2.70. The number of allylic oxidation sites excluding steroid dienone is 5. The molecule has 22 heavy (non-hydrogen) atoms. The summed E-state index contributed by atoms with van der Waals surface area (Å²) in [7, 11) is 0. The molecule has 0 aliphatic carbocycles. The van der Waals surface area contributed by atoms with E-state index >= 15 is 0 Å². The van der Waals surface area contributed by atoms with E-state index in [9.17, 15) is 0 Å². The lowest BCUT2D eigenvalue weighted by atomic mass is 10.0. The molecule has 0 bridgehead atoms. The minimum atomic E-state index is 0.364. The SMILES string of the molecule is C=C/C=C(\C=C/CCC)c1c2c(nn1C(C)C)CCNCC2. The number of hydrogen-bond acceptors (Lipinski definition) is 2. The Morgan fingerprint density at radius 2 is 2.14 bits per heavy atom. The molecule has 1 aliphatic rings. The van der Waals surface area contributed by atoms with E-state index in [1.54, 1.807) is 0 Å². The van der Waals surface area contributed by atoms with Crippen molar-refractivity contribution >= 4 is 5.57 Å². The van der Waals surface area contributed by atoms with Crippen LogP contribution in [-0.2, 0) is 12.8 Å². The molecule has 3 nitrogen and oxygen atoms in total. The van der Waals surface area contributed by atoms with Gasteiger partial charge in [-0.1, -0.05) is 44.2 Å². The Labute approximate surface area is 134 Å². The maximum atomic E-state index is 4.91. The lowest BCUT2D eigenvalue weighted by molar-refractivity contribution is 0.518. The number of rotatable bonds is 6. The van der Waals surface area contributed by atoms with E-state index in [4.69, 9.17) is 5.10 Å². The van der Waals surface area contributed by atoms with Crippen molar-refractivity contribution in [3.05, 3.63) is 47.8 Å². The second-order valence-corrected chi connectivity index (χ2v) is 6.11. The topological polar surface area (TPSA) is 29.9 Å². The van der Waals surface area contributed by atoms with Crippen LogP contribution in [0.1, 0.15) is 56.6 Å². The third-order valence-corrected chi connectivity index (χ3v) is 3.99. The number of unbranched alkanes of at least 4 members (excludes halogenated alkanes) is 1. The predicted octanol–water partition coefficient (Wildman–Crippen LogP) is 4.08. The zero-order chi connectivity index (χ0) is 15.9. The van der Waals surface area contributed by atoms with Crippen LogP contribution in [0.15, 0.2) is 30.9 Å². The van der Waals surface area contributed by atoms with Crippen molar-refractivity contribution in [2.45, 2.75) is 52.5 Å². The molecule has 1 aromatic rings. The highest BCUT2D eigenvalue weighted by Gasteiger charge is 2.22. The van der Waals surface area contributed by atoms with E-state index in [0.29, 0.717) is 6.04 Å². The van der Waals surface area contributed by atoms with E-state index in [2.05, 4.69) is 55.6 Å². The quantitative estimate of drug-likeness (QED) is 0.802. The van der Waals surface area contributed by atoms with E-state index in [0.717, 1.165) is 32.4 Å². The first-order chi connectivity index (χ1) is 10.7. The molecule has 0 unspecified atom stereocenters. The molecule has 2 rings (SSSR count). The van der Waals surface area contributed by atoms with Gasteiger partial charge in [-0.15, -0.1) is 0 Å². The molecule has 1 N–H and O–H groups in total. The van der Waals surface area contributed by atoms with Crippen molar-refractivity contribution in [2.75, 3.05) is 13.1 Å². The minimum absolute atomic E-state index is 0.364. The summed E-state index contributed by atoms with van der Waals surface area (Å²) in [5, 5.41) is 8.38. The van der Waals surface area contributed by atoms with Gasteiger partial charge in [0.25, 0.3) is 0 Å². The Hall–Kier alpha value is -1.61. The molecule has 1 aliphatic heterocycles. The fourth-order valence-electron chi connectivity index (χ4n) is 2.92. The summed E-state index contributed by atoms with van der Waals surface area (Å²) in [4.78, 5) is 0. The van der Waals surface area contributed by atoms with Crippen LogP contribution in [0.25, 0.3) is 5.57 Å². The van der Waals surface area contributed by atoms with E-state index in [1.165, 1.54) is 28.9 Å². The number of hydrogen-bond donors (Lipinski definition) is 1. The van der Waals surface area contributed by atoms with Gasteiger partial charge in [0.1, 0.15) is 0 Å². The molecule has 0 fully saturated rings. The summed E-state index contributed by atoms with van der Waals surface area (Å²) < 4.78 is 2.20. The van der Waals surface area contributed by atoms with Crippen LogP contribution in [0.2, 0.25) is 0 Å². The van der Waals surface area contributed by atoms with E-state index < -0.39 is 0 Å². The van der Waals surface area contributed by atoms with Gasteiger partial charge in [0, 0.05) is 24.6 Å². The van der Waals surface area contributed by atoms with Gasteiger partial charge in [-0.3, -0.25) is 4.68 Å². The van der Waals surface area contributed by atoms with Gasteiger partial charge in [-0.25, -0.2) is 0 Å². The largest absolute Gasteiger partial charge is 0.316 e.